The fourth-order valence-electron chi connectivity index (χ4n) is 1.78. The topological polar surface area (TPSA) is 26.0 Å². The summed E-state index contributed by atoms with van der Waals surface area (Å²) in [4.78, 5) is 0. The molecule has 1 nitrogen and oxygen atoms in total. The third kappa shape index (κ3) is 2.63. The highest BCUT2D eigenvalue weighted by atomic mass is 14.5. The number of anilines is 1. The predicted octanol–water partition coefficient (Wildman–Crippen LogP) is 3.36. The highest BCUT2D eigenvalue weighted by Crippen LogP contribution is 2.14. The zero-order valence-corrected chi connectivity index (χ0v) is 9.61. The molecule has 1 heteroatoms. The van der Waals surface area contributed by atoms with Crippen LogP contribution in [-0.4, -0.2) is 0 Å². The number of nitrogen functional groups attached to an aromatic ring is 1. The molecule has 0 aliphatic rings. The molecule has 0 spiro atoms. The first-order valence-corrected chi connectivity index (χ1v) is 5.64. The van der Waals surface area contributed by atoms with Crippen molar-refractivity contribution in [2.24, 2.45) is 0 Å². The van der Waals surface area contributed by atoms with Gasteiger partial charge in [-0.15, -0.1) is 0 Å². The van der Waals surface area contributed by atoms with Crippen LogP contribution in [0, 0.1) is 6.92 Å². The van der Waals surface area contributed by atoms with E-state index in [2.05, 4.69) is 42.5 Å². The molecule has 2 aromatic rings. The fraction of sp³-hybridized carbons (Fsp3) is 0.200. The first-order valence-electron chi connectivity index (χ1n) is 5.64. The van der Waals surface area contributed by atoms with Gasteiger partial charge in [0.2, 0.25) is 0 Å². The second-order valence-electron chi connectivity index (χ2n) is 4.18. The molecule has 2 aromatic carbocycles. The largest absolute Gasteiger partial charge is 0.399 e. The van der Waals surface area contributed by atoms with Gasteiger partial charge < -0.3 is 5.73 Å². The summed E-state index contributed by atoms with van der Waals surface area (Å²) in [6, 6.07) is 16.9. The third-order valence-electron chi connectivity index (χ3n) is 2.89. The molecule has 0 bridgehead atoms. The van der Waals surface area contributed by atoms with Crippen molar-refractivity contribution >= 4 is 5.69 Å². The highest BCUT2D eigenvalue weighted by molar-refractivity contribution is 5.48. The van der Waals surface area contributed by atoms with Crippen molar-refractivity contribution < 1.29 is 0 Å². The standard InChI is InChI=1S/C15H17N/c1-12-7-8-14(11-15(12)16)10-9-13-5-3-2-4-6-13/h2-8,11H,9-10,16H2,1H3. The van der Waals surface area contributed by atoms with Gasteiger partial charge in [0.05, 0.1) is 0 Å². The lowest BCUT2D eigenvalue weighted by Crippen LogP contribution is -1.95. The Bertz CT molecular complexity index is 460. The van der Waals surface area contributed by atoms with Crippen molar-refractivity contribution in [1.82, 2.24) is 0 Å². The van der Waals surface area contributed by atoms with Gasteiger partial charge in [-0.25, -0.2) is 0 Å². The van der Waals surface area contributed by atoms with Crippen molar-refractivity contribution in [2.45, 2.75) is 19.8 Å². The van der Waals surface area contributed by atoms with Crippen molar-refractivity contribution in [1.29, 1.82) is 0 Å². The smallest absolute Gasteiger partial charge is 0.0346 e. The van der Waals surface area contributed by atoms with E-state index in [0.29, 0.717) is 0 Å². The molecule has 0 radical (unpaired) electrons. The predicted molar refractivity (Wildman–Crippen MR) is 69.4 cm³/mol. The van der Waals surface area contributed by atoms with Crippen molar-refractivity contribution in [3.63, 3.8) is 0 Å². The van der Waals surface area contributed by atoms with Gasteiger partial charge in [-0.05, 0) is 42.5 Å². The number of benzene rings is 2. The van der Waals surface area contributed by atoms with E-state index in [1.807, 2.05) is 13.0 Å². The minimum atomic E-state index is 0.894. The number of nitrogens with two attached hydrogens (primary N) is 1. The molecule has 0 saturated carbocycles. The van der Waals surface area contributed by atoms with Crippen LogP contribution in [0.4, 0.5) is 5.69 Å². The summed E-state index contributed by atoms with van der Waals surface area (Å²) in [6.07, 6.45) is 2.12. The number of hydrogen-bond donors (Lipinski definition) is 1. The molecule has 82 valence electrons. The maximum atomic E-state index is 5.89. The summed E-state index contributed by atoms with van der Waals surface area (Å²) in [7, 11) is 0. The molecule has 0 aliphatic carbocycles. The van der Waals surface area contributed by atoms with Crippen LogP contribution >= 0.6 is 0 Å². The average molecular weight is 211 g/mol. The van der Waals surface area contributed by atoms with E-state index in [1.54, 1.807) is 0 Å². The van der Waals surface area contributed by atoms with Crippen LogP contribution in [0.2, 0.25) is 0 Å². The van der Waals surface area contributed by atoms with Gasteiger partial charge in [-0.2, -0.15) is 0 Å². The van der Waals surface area contributed by atoms with Gasteiger partial charge in [0.1, 0.15) is 0 Å². The van der Waals surface area contributed by atoms with Crippen LogP contribution in [0.5, 0.6) is 0 Å². The molecular formula is C15H17N. The van der Waals surface area contributed by atoms with Gasteiger partial charge in [0.15, 0.2) is 0 Å². The summed E-state index contributed by atoms with van der Waals surface area (Å²) in [5, 5.41) is 0. The Labute approximate surface area is 96.9 Å². The van der Waals surface area contributed by atoms with Gasteiger partial charge >= 0.3 is 0 Å². The number of hydrogen-bond acceptors (Lipinski definition) is 1. The SMILES string of the molecule is Cc1ccc(CCc2ccccc2)cc1N. The Hall–Kier alpha value is -1.76. The summed E-state index contributed by atoms with van der Waals surface area (Å²) in [5.74, 6) is 0. The van der Waals surface area contributed by atoms with E-state index >= 15 is 0 Å². The lowest BCUT2D eigenvalue weighted by atomic mass is 10.0. The normalized spacial score (nSPS) is 10.3. The van der Waals surface area contributed by atoms with Crippen LogP contribution in [0.15, 0.2) is 48.5 Å². The maximum absolute atomic E-state index is 5.89. The van der Waals surface area contributed by atoms with Crippen LogP contribution in [0.25, 0.3) is 0 Å². The van der Waals surface area contributed by atoms with Crippen LogP contribution < -0.4 is 5.73 Å². The van der Waals surface area contributed by atoms with Crippen LogP contribution in [-0.2, 0) is 12.8 Å². The van der Waals surface area contributed by atoms with Crippen molar-refractivity contribution in [3.8, 4) is 0 Å². The molecule has 0 fully saturated rings. The minimum Gasteiger partial charge on any atom is -0.399 e. The van der Waals surface area contributed by atoms with Crippen molar-refractivity contribution in [2.75, 3.05) is 5.73 Å². The second kappa shape index (κ2) is 4.84. The van der Waals surface area contributed by atoms with Gasteiger partial charge in [-0.1, -0.05) is 42.5 Å². The lowest BCUT2D eigenvalue weighted by molar-refractivity contribution is 0.960. The molecular weight excluding hydrogens is 194 g/mol. The van der Waals surface area contributed by atoms with E-state index in [4.69, 9.17) is 5.73 Å². The Morgan fingerprint density at radius 3 is 2.25 bits per heavy atom. The molecule has 0 aliphatic heterocycles. The number of rotatable bonds is 3. The van der Waals surface area contributed by atoms with E-state index in [-0.39, 0.29) is 0 Å². The zero-order valence-electron chi connectivity index (χ0n) is 9.61. The summed E-state index contributed by atoms with van der Waals surface area (Å²) in [6.45, 7) is 2.04. The average Bonchev–Trinajstić information content (AvgIpc) is 2.32. The molecule has 0 amide bonds. The molecule has 0 aromatic heterocycles. The minimum absolute atomic E-state index is 0.894. The Morgan fingerprint density at radius 2 is 1.56 bits per heavy atom. The summed E-state index contributed by atoms with van der Waals surface area (Å²) < 4.78 is 0. The van der Waals surface area contributed by atoms with Gasteiger partial charge in [-0.3, -0.25) is 0 Å². The van der Waals surface area contributed by atoms with Crippen LogP contribution in [0.1, 0.15) is 16.7 Å². The second-order valence-corrected chi connectivity index (χ2v) is 4.18. The Balaban J connectivity index is 2.03. The van der Waals surface area contributed by atoms with E-state index in [1.165, 1.54) is 11.1 Å². The quantitative estimate of drug-likeness (QED) is 0.774. The highest BCUT2D eigenvalue weighted by Gasteiger charge is 1.98. The van der Waals surface area contributed by atoms with E-state index in [0.717, 1.165) is 24.1 Å². The summed E-state index contributed by atoms with van der Waals surface area (Å²) in [5.41, 5.74) is 10.6. The zero-order chi connectivity index (χ0) is 11.4. The number of aryl methyl sites for hydroxylation is 3. The third-order valence-corrected chi connectivity index (χ3v) is 2.89. The van der Waals surface area contributed by atoms with Gasteiger partial charge in [0, 0.05) is 5.69 Å². The van der Waals surface area contributed by atoms with Crippen LogP contribution in [0.3, 0.4) is 0 Å². The Kier molecular flexibility index (Phi) is 3.25. The first-order chi connectivity index (χ1) is 7.75. The fourth-order valence-corrected chi connectivity index (χ4v) is 1.78. The van der Waals surface area contributed by atoms with E-state index < -0.39 is 0 Å². The molecule has 2 rings (SSSR count). The van der Waals surface area contributed by atoms with E-state index in [9.17, 15) is 0 Å². The lowest BCUT2D eigenvalue weighted by Gasteiger charge is -2.05. The first kappa shape index (κ1) is 10.7. The molecule has 2 N–H and O–H groups in total. The van der Waals surface area contributed by atoms with Gasteiger partial charge in [0.25, 0.3) is 0 Å². The van der Waals surface area contributed by atoms with Crippen molar-refractivity contribution in [3.05, 3.63) is 65.2 Å². The summed E-state index contributed by atoms with van der Waals surface area (Å²) >= 11 is 0. The molecule has 16 heavy (non-hydrogen) atoms. The molecule has 0 saturated heterocycles. The molecule has 0 heterocycles. The maximum Gasteiger partial charge on any atom is 0.0346 e. The molecule has 0 atom stereocenters. The Morgan fingerprint density at radius 1 is 0.875 bits per heavy atom. The monoisotopic (exact) mass is 211 g/mol. The molecule has 0 unspecified atom stereocenters.